The van der Waals surface area contributed by atoms with Gasteiger partial charge < -0.3 is 5.32 Å². The molecule has 1 rings (SSSR count). The van der Waals surface area contributed by atoms with Gasteiger partial charge in [-0.05, 0) is 59.5 Å². The molecule has 17 heavy (non-hydrogen) atoms. The van der Waals surface area contributed by atoms with Crippen molar-refractivity contribution < 1.29 is 8.42 Å². The van der Waals surface area contributed by atoms with Crippen LogP contribution in [0.4, 0.5) is 0 Å². The molecule has 1 saturated heterocycles. The van der Waals surface area contributed by atoms with E-state index in [1.165, 1.54) is 0 Å². The first kappa shape index (κ1) is 14.9. The Morgan fingerprint density at radius 3 is 2.35 bits per heavy atom. The van der Waals surface area contributed by atoms with Gasteiger partial charge in [-0.2, -0.15) is 4.31 Å². The Morgan fingerprint density at radius 1 is 1.29 bits per heavy atom. The summed E-state index contributed by atoms with van der Waals surface area (Å²) in [6, 6.07) is 0.0457. The fourth-order valence-electron chi connectivity index (χ4n) is 2.21. The summed E-state index contributed by atoms with van der Waals surface area (Å²) in [6.07, 6.45) is 2.28. The van der Waals surface area contributed by atoms with Crippen molar-refractivity contribution in [3.8, 4) is 0 Å². The van der Waals surface area contributed by atoms with Gasteiger partial charge in [0.2, 0.25) is 10.0 Å². The quantitative estimate of drug-likeness (QED) is 0.815. The van der Waals surface area contributed by atoms with Crippen LogP contribution in [-0.2, 0) is 10.0 Å². The monoisotopic (exact) mass is 262 g/mol. The summed E-state index contributed by atoms with van der Waals surface area (Å²) in [6.45, 7) is 10.1. The Bertz CT molecular complexity index is 319. The van der Waals surface area contributed by atoms with Crippen LogP contribution in [0.3, 0.4) is 0 Å². The highest BCUT2D eigenvalue weighted by Gasteiger charge is 2.30. The van der Waals surface area contributed by atoms with Gasteiger partial charge in [0, 0.05) is 12.6 Å². The zero-order valence-electron chi connectivity index (χ0n) is 11.4. The summed E-state index contributed by atoms with van der Waals surface area (Å²) < 4.78 is 26.2. The molecule has 102 valence electrons. The van der Waals surface area contributed by atoms with E-state index in [0.29, 0.717) is 12.5 Å². The average Bonchev–Trinajstić information content (AvgIpc) is 2.26. The standard InChI is InChI=1S/C12H26N2O2S/c1-10(2)14(17(15,16)11(3)4)9-12-6-5-7-13-8-12/h10-13H,5-9H2,1-4H3. The fraction of sp³-hybridized carbons (Fsp3) is 1.00. The molecule has 0 aromatic rings. The molecule has 0 radical (unpaired) electrons. The molecular weight excluding hydrogens is 236 g/mol. The highest BCUT2D eigenvalue weighted by Crippen LogP contribution is 2.19. The molecule has 1 N–H and O–H groups in total. The first-order valence-corrected chi connectivity index (χ1v) is 8.07. The summed E-state index contributed by atoms with van der Waals surface area (Å²) >= 11 is 0. The molecule has 0 amide bonds. The number of sulfonamides is 1. The Hall–Kier alpha value is -0.130. The molecule has 0 aromatic heterocycles. The zero-order valence-corrected chi connectivity index (χ0v) is 12.3. The highest BCUT2D eigenvalue weighted by molar-refractivity contribution is 7.89. The minimum Gasteiger partial charge on any atom is -0.316 e. The maximum absolute atomic E-state index is 12.3. The molecule has 5 heteroatoms. The zero-order chi connectivity index (χ0) is 13.1. The van der Waals surface area contributed by atoms with Gasteiger partial charge in [0.15, 0.2) is 0 Å². The fourth-order valence-corrected chi connectivity index (χ4v) is 3.76. The van der Waals surface area contributed by atoms with Crippen LogP contribution in [0.1, 0.15) is 40.5 Å². The molecular formula is C12H26N2O2S. The second-order valence-corrected chi connectivity index (χ2v) is 7.91. The number of nitrogens with zero attached hydrogens (tertiary/aromatic N) is 1. The summed E-state index contributed by atoms with van der Waals surface area (Å²) in [5.41, 5.74) is 0. The molecule has 4 nitrogen and oxygen atoms in total. The first-order chi connectivity index (χ1) is 7.85. The van der Waals surface area contributed by atoms with Crippen molar-refractivity contribution in [2.45, 2.75) is 51.8 Å². The Kier molecular flexibility index (Phi) is 5.41. The van der Waals surface area contributed by atoms with Crippen LogP contribution >= 0.6 is 0 Å². The minimum atomic E-state index is -3.13. The molecule has 0 aromatic carbocycles. The van der Waals surface area contributed by atoms with Crippen LogP contribution in [0.15, 0.2) is 0 Å². The SMILES string of the molecule is CC(C)N(CC1CCCNC1)S(=O)(=O)C(C)C. The van der Waals surface area contributed by atoms with E-state index in [9.17, 15) is 8.42 Å². The predicted octanol–water partition coefficient (Wildman–Crippen LogP) is 1.43. The number of rotatable bonds is 5. The molecule has 1 heterocycles. The van der Waals surface area contributed by atoms with E-state index in [2.05, 4.69) is 5.32 Å². The molecule has 1 unspecified atom stereocenters. The van der Waals surface area contributed by atoms with Gasteiger partial charge in [0.1, 0.15) is 0 Å². The summed E-state index contributed by atoms with van der Waals surface area (Å²) in [5.74, 6) is 0.458. The van der Waals surface area contributed by atoms with E-state index < -0.39 is 10.0 Å². The summed E-state index contributed by atoms with van der Waals surface area (Å²) in [5, 5.41) is 3.01. The lowest BCUT2D eigenvalue weighted by atomic mass is 9.99. The van der Waals surface area contributed by atoms with E-state index in [4.69, 9.17) is 0 Å². The van der Waals surface area contributed by atoms with Crippen molar-refractivity contribution in [1.29, 1.82) is 0 Å². The number of hydrogen-bond acceptors (Lipinski definition) is 3. The third-order valence-corrected chi connectivity index (χ3v) is 5.75. The van der Waals surface area contributed by atoms with Crippen molar-refractivity contribution in [1.82, 2.24) is 9.62 Å². The molecule has 1 aliphatic heterocycles. The van der Waals surface area contributed by atoms with Crippen molar-refractivity contribution in [2.24, 2.45) is 5.92 Å². The van der Waals surface area contributed by atoms with Crippen LogP contribution in [0.2, 0.25) is 0 Å². The first-order valence-electron chi connectivity index (χ1n) is 6.57. The van der Waals surface area contributed by atoms with Gasteiger partial charge in [0.05, 0.1) is 5.25 Å². The smallest absolute Gasteiger partial charge is 0.216 e. The van der Waals surface area contributed by atoms with Crippen molar-refractivity contribution in [3.63, 3.8) is 0 Å². The van der Waals surface area contributed by atoms with E-state index in [1.54, 1.807) is 18.2 Å². The lowest BCUT2D eigenvalue weighted by Gasteiger charge is -2.33. The van der Waals surface area contributed by atoms with Crippen LogP contribution in [-0.4, -0.2) is 43.6 Å². The predicted molar refractivity (Wildman–Crippen MR) is 71.5 cm³/mol. The number of nitrogens with one attached hydrogen (secondary N) is 1. The van der Waals surface area contributed by atoms with Gasteiger partial charge in [-0.3, -0.25) is 0 Å². The largest absolute Gasteiger partial charge is 0.316 e. The van der Waals surface area contributed by atoms with Crippen LogP contribution in [0, 0.1) is 5.92 Å². The van der Waals surface area contributed by atoms with Crippen molar-refractivity contribution in [2.75, 3.05) is 19.6 Å². The van der Waals surface area contributed by atoms with Crippen LogP contribution < -0.4 is 5.32 Å². The van der Waals surface area contributed by atoms with Crippen molar-refractivity contribution >= 4 is 10.0 Å². The number of hydrogen-bond donors (Lipinski definition) is 1. The summed E-state index contributed by atoms with van der Waals surface area (Å²) in [4.78, 5) is 0. The Balaban J connectivity index is 2.72. The van der Waals surface area contributed by atoms with E-state index in [-0.39, 0.29) is 11.3 Å². The van der Waals surface area contributed by atoms with E-state index in [1.807, 2.05) is 13.8 Å². The molecule has 0 spiro atoms. The van der Waals surface area contributed by atoms with E-state index >= 15 is 0 Å². The second-order valence-electron chi connectivity index (χ2n) is 5.47. The molecule has 0 saturated carbocycles. The normalized spacial score (nSPS) is 22.6. The van der Waals surface area contributed by atoms with Gasteiger partial charge >= 0.3 is 0 Å². The summed E-state index contributed by atoms with van der Waals surface area (Å²) in [7, 11) is -3.13. The average molecular weight is 262 g/mol. The molecule has 0 bridgehead atoms. The number of piperidine rings is 1. The van der Waals surface area contributed by atoms with Crippen LogP contribution in [0.25, 0.3) is 0 Å². The molecule has 1 aliphatic rings. The van der Waals surface area contributed by atoms with Crippen molar-refractivity contribution in [3.05, 3.63) is 0 Å². The van der Waals surface area contributed by atoms with Gasteiger partial charge in [-0.1, -0.05) is 0 Å². The van der Waals surface area contributed by atoms with Gasteiger partial charge in [-0.15, -0.1) is 0 Å². The third kappa shape index (κ3) is 3.93. The minimum absolute atomic E-state index is 0.0457. The topological polar surface area (TPSA) is 49.4 Å². The van der Waals surface area contributed by atoms with Gasteiger partial charge in [0.25, 0.3) is 0 Å². The third-order valence-electron chi connectivity index (χ3n) is 3.34. The van der Waals surface area contributed by atoms with Gasteiger partial charge in [-0.25, -0.2) is 8.42 Å². The lowest BCUT2D eigenvalue weighted by Crippen LogP contribution is -2.46. The Labute approximate surface area is 106 Å². The highest BCUT2D eigenvalue weighted by atomic mass is 32.2. The second kappa shape index (κ2) is 6.16. The Morgan fingerprint density at radius 2 is 1.94 bits per heavy atom. The maximum Gasteiger partial charge on any atom is 0.216 e. The molecule has 1 atom stereocenters. The maximum atomic E-state index is 12.3. The molecule has 0 aliphatic carbocycles. The van der Waals surface area contributed by atoms with E-state index in [0.717, 1.165) is 25.9 Å². The molecule has 1 fully saturated rings. The van der Waals surface area contributed by atoms with Crippen LogP contribution in [0.5, 0.6) is 0 Å². The lowest BCUT2D eigenvalue weighted by molar-refractivity contribution is 0.262.